The molecule has 0 radical (unpaired) electrons. The summed E-state index contributed by atoms with van der Waals surface area (Å²) in [6, 6.07) is 20.3. The molecule has 0 aliphatic heterocycles. The Morgan fingerprint density at radius 2 is 1.32 bits per heavy atom. The van der Waals surface area contributed by atoms with E-state index in [0.717, 1.165) is 5.82 Å². The van der Waals surface area contributed by atoms with Gasteiger partial charge in [0, 0.05) is 6.42 Å². The van der Waals surface area contributed by atoms with E-state index in [1.807, 2.05) is 36.4 Å². The second-order valence-electron chi connectivity index (χ2n) is 4.43. The van der Waals surface area contributed by atoms with Crippen LogP contribution in [0.3, 0.4) is 0 Å². The van der Waals surface area contributed by atoms with Crippen molar-refractivity contribution in [2.75, 3.05) is 0 Å². The third kappa shape index (κ3) is 3.07. The summed E-state index contributed by atoms with van der Waals surface area (Å²) in [5.41, 5.74) is 2.37. The summed E-state index contributed by atoms with van der Waals surface area (Å²) in [4.78, 5) is 4.42. The van der Waals surface area contributed by atoms with E-state index in [-0.39, 0.29) is 0 Å². The largest absolute Gasteiger partial charge is 0.339 e. The molecule has 0 bridgehead atoms. The smallest absolute Gasteiger partial charge is 0.231 e. The summed E-state index contributed by atoms with van der Waals surface area (Å²) >= 11 is 0. The topological polar surface area (TPSA) is 38.9 Å². The van der Waals surface area contributed by atoms with Crippen LogP contribution in [-0.2, 0) is 12.8 Å². The van der Waals surface area contributed by atoms with Crippen LogP contribution < -0.4 is 0 Å². The first-order valence-corrected chi connectivity index (χ1v) is 6.29. The number of hydrogen-bond donors (Lipinski definition) is 0. The predicted molar refractivity (Wildman–Crippen MR) is 72.8 cm³/mol. The van der Waals surface area contributed by atoms with Crippen LogP contribution in [-0.4, -0.2) is 10.1 Å². The van der Waals surface area contributed by atoms with Gasteiger partial charge in [-0.25, -0.2) is 0 Å². The molecule has 19 heavy (non-hydrogen) atoms. The maximum absolute atomic E-state index is 5.28. The van der Waals surface area contributed by atoms with Crippen LogP contribution in [0.15, 0.2) is 65.2 Å². The van der Waals surface area contributed by atoms with Crippen LogP contribution in [0.2, 0.25) is 0 Å². The third-order valence-electron chi connectivity index (χ3n) is 2.91. The Bertz CT molecular complexity index is 576. The van der Waals surface area contributed by atoms with Gasteiger partial charge in [-0.2, -0.15) is 4.98 Å². The van der Waals surface area contributed by atoms with Crippen LogP contribution in [0.4, 0.5) is 0 Å². The Labute approximate surface area is 111 Å². The van der Waals surface area contributed by atoms with Crippen molar-refractivity contribution in [1.82, 2.24) is 10.1 Å². The molecule has 3 rings (SSSR count). The molecule has 0 amide bonds. The fourth-order valence-corrected chi connectivity index (χ4v) is 1.98. The lowest BCUT2D eigenvalue weighted by molar-refractivity contribution is 0.380. The number of hydrogen-bond acceptors (Lipinski definition) is 3. The van der Waals surface area contributed by atoms with E-state index in [1.54, 1.807) is 0 Å². The van der Waals surface area contributed by atoms with Crippen LogP contribution >= 0.6 is 0 Å². The first-order valence-electron chi connectivity index (χ1n) is 6.29. The number of aromatic nitrogens is 2. The molecule has 3 aromatic rings. The van der Waals surface area contributed by atoms with Gasteiger partial charge < -0.3 is 4.52 Å². The normalized spacial score (nSPS) is 10.5. The molecule has 0 aliphatic rings. The van der Waals surface area contributed by atoms with Gasteiger partial charge in [0.05, 0.1) is 6.42 Å². The van der Waals surface area contributed by atoms with E-state index in [0.29, 0.717) is 18.7 Å². The summed E-state index contributed by atoms with van der Waals surface area (Å²) in [5, 5.41) is 4.02. The predicted octanol–water partition coefficient (Wildman–Crippen LogP) is 3.25. The highest BCUT2D eigenvalue weighted by Crippen LogP contribution is 2.10. The van der Waals surface area contributed by atoms with E-state index >= 15 is 0 Å². The van der Waals surface area contributed by atoms with Crippen molar-refractivity contribution >= 4 is 0 Å². The second kappa shape index (κ2) is 5.48. The molecule has 0 spiro atoms. The average Bonchev–Trinajstić information content (AvgIpc) is 2.88. The fourth-order valence-electron chi connectivity index (χ4n) is 1.98. The third-order valence-corrected chi connectivity index (χ3v) is 2.91. The van der Waals surface area contributed by atoms with E-state index < -0.39 is 0 Å². The lowest BCUT2D eigenvalue weighted by Gasteiger charge is -1.95. The Morgan fingerprint density at radius 3 is 1.95 bits per heavy atom. The lowest BCUT2D eigenvalue weighted by atomic mass is 10.1. The molecule has 2 aromatic carbocycles. The molecule has 3 nitrogen and oxygen atoms in total. The maximum atomic E-state index is 5.28. The van der Waals surface area contributed by atoms with Crippen molar-refractivity contribution in [2.24, 2.45) is 0 Å². The maximum Gasteiger partial charge on any atom is 0.231 e. The summed E-state index contributed by atoms with van der Waals surface area (Å²) in [7, 11) is 0. The minimum atomic E-state index is 0.664. The quantitative estimate of drug-likeness (QED) is 0.713. The molecule has 0 saturated heterocycles. The van der Waals surface area contributed by atoms with Crippen molar-refractivity contribution in [3.8, 4) is 0 Å². The zero-order valence-electron chi connectivity index (χ0n) is 10.5. The molecule has 0 aliphatic carbocycles. The van der Waals surface area contributed by atoms with E-state index in [1.165, 1.54) is 11.1 Å². The first kappa shape index (κ1) is 11.7. The molecular weight excluding hydrogens is 236 g/mol. The van der Waals surface area contributed by atoms with Gasteiger partial charge in [0.1, 0.15) is 0 Å². The van der Waals surface area contributed by atoms with Crippen molar-refractivity contribution < 1.29 is 4.52 Å². The van der Waals surface area contributed by atoms with Gasteiger partial charge in [-0.15, -0.1) is 0 Å². The Balaban J connectivity index is 1.70. The minimum Gasteiger partial charge on any atom is -0.339 e. The van der Waals surface area contributed by atoms with Crippen LogP contribution in [0, 0.1) is 0 Å². The van der Waals surface area contributed by atoms with Crippen LogP contribution in [0.5, 0.6) is 0 Å². The summed E-state index contributed by atoms with van der Waals surface area (Å²) in [6.45, 7) is 0. The summed E-state index contributed by atoms with van der Waals surface area (Å²) < 4.78 is 5.28. The number of benzene rings is 2. The molecule has 94 valence electrons. The zero-order chi connectivity index (χ0) is 12.9. The highest BCUT2D eigenvalue weighted by molar-refractivity contribution is 5.20. The van der Waals surface area contributed by atoms with Gasteiger partial charge in [0.2, 0.25) is 5.89 Å². The first-order chi connectivity index (χ1) is 9.40. The molecular formula is C16H14N2O. The van der Waals surface area contributed by atoms with Gasteiger partial charge in [-0.3, -0.25) is 0 Å². The molecule has 0 atom stereocenters. The average molecular weight is 250 g/mol. The Morgan fingerprint density at radius 1 is 0.737 bits per heavy atom. The molecule has 0 saturated carbocycles. The molecule has 1 aromatic heterocycles. The summed E-state index contributed by atoms with van der Waals surface area (Å²) in [5.74, 6) is 1.40. The zero-order valence-corrected chi connectivity index (χ0v) is 10.5. The van der Waals surface area contributed by atoms with E-state index in [4.69, 9.17) is 4.52 Å². The lowest BCUT2D eigenvalue weighted by Crippen LogP contribution is -1.92. The van der Waals surface area contributed by atoms with Gasteiger partial charge >= 0.3 is 0 Å². The van der Waals surface area contributed by atoms with Gasteiger partial charge in [-0.05, 0) is 11.1 Å². The fraction of sp³-hybridized carbons (Fsp3) is 0.125. The van der Waals surface area contributed by atoms with E-state index in [9.17, 15) is 0 Å². The molecule has 0 fully saturated rings. The van der Waals surface area contributed by atoms with Gasteiger partial charge in [-0.1, -0.05) is 65.8 Å². The minimum absolute atomic E-state index is 0.664. The highest BCUT2D eigenvalue weighted by atomic mass is 16.5. The highest BCUT2D eigenvalue weighted by Gasteiger charge is 2.07. The van der Waals surface area contributed by atoms with Crippen molar-refractivity contribution in [1.29, 1.82) is 0 Å². The Hall–Kier alpha value is -2.42. The van der Waals surface area contributed by atoms with E-state index in [2.05, 4.69) is 34.4 Å². The molecule has 0 N–H and O–H groups in total. The van der Waals surface area contributed by atoms with Crippen LogP contribution in [0.25, 0.3) is 0 Å². The van der Waals surface area contributed by atoms with Crippen molar-refractivity contribution in [3.05, 3.63) is 83.5 Å². The monoisotopic (exact) mass is 250 g/mol. The van der Waals surface area contributed by atoms with Gasteiger partial charge in [0.25, 0.3) is 0 Å². The van der Waals surface area contributed by atoms with Gasteiger partial charge in [0.15, 0.2) is 5.82 Å². The Kier molecular flexibility index (Phi) is 3.36. The SMILES string of the molecule is c1ccc(Cc2noc(Cc3ccccc3)n2)cc1. The standard InChI is InChI=1S/C16H14N2O/c1-3-7-13(8-4-1)11-15-17-16(19-18-15)12-14-9-5-2-6-10-14/h1-10H,11-12H2. The summed E-state index contributed by atoms with van der Waals surface area (Å²) in [6.07, 6.45) is 1.39. The van der Waals surface area contributed by atoms with Crippen molar-refractivity contribution in [3.63, 3.8) is 0 Å². The molecule has 3 heteroatoms. The number of nitrogens with zero attached hydrogens (tertiary/aromatic N) is 2. The van der Waals surface area contributed by atoms with Crippen molar-refractivity contribution in [2.45, 2.75) is 12.8 Å². The molecule has 0 unspecified atom stereocenters. The number of rotatable bonds is 4. The molecule has 1 heterocycles. The van der Waals surface area contributed by atoms with Crippen LogP contribution in [0.1, 0.15) is 22.8 Å². The second-order valence-corrected chi connectivity index (χ2v) is 4.43.